The van der Waals surface area contributed by atoms with Gasteiger partial charge in [-0.3, -0.25) is 4.79 Å². The van der Waals surface area contributed by atoms with Crippen LogP contribution in [0.25, 0.3) is 6.08 Å². The van der Waals surface area contributed by atoms with E-state index in [1.165, 1.54) is 39.5 Å². The van der Waals surface area contributed by atoms with Crippen LogP contribution in [0.1, 0.15) is 41.1 Å². The number of anilines is 1. The molecule has 3 rings (SSSR count). The van der Waals surface area contributed by atoms with Crippen LogP contribution in [-0.2, 0) is 9.53 Å². The lowest BCUT2D eigenvalue weighted by Crippen LogP contribution is -2.13. The summed E-state index contributed by atoms with van der Waals surface area (Å²) in [6.07, 6.45) is 4.06. The Kier molecular flexibility index (Phi) is 5.73. The predicted octanol–water partition coefficient (Wildman–Crippen LogP) is 3.86. The summed E-state index contributed by atoms with van der Waals surface area (Å²) in [4.78, 5) is 24.4. The molecule has 1 aliphatic rings. The molecular weight excluding hydrogens is 362 g/mol. The number of amides is 1. The first-order chi connectivity index (χ1) is 13.5. The van der Waals surface area contributed by atoms with E-state index in [1.54, 1.807) is 6.08 Å². The van der Waals surface area contributed by atoms with Crippen LogP contribution in [0, 0.1) is 5.92 Å². The fourth-order valence-corrected chi connectivity index (χ4v) is 2.97. The second-order valence-electron chi connectivity index (χ2n) is 6.63. The third kappa shape index (κ3) is 4.19. The van der Waals surface area contributed by atoms with E-state index < -0.39 is 11.9 Å². The molecule has 0 bridgehead atoms. The Bertz CT molecular complexity index is 914. The van der Waals surface area contributed by atoms with Crippen molar-refractivity contribution in [3.05, 3.63) is 47.4 Å². The topological polar surface area (TPSA) is 87.0 Å². The molecule has 1 fully saturated rings. The number of carbonyl (C=O) groups is 2. The van der Waals surface area contributed by atoms with E-state index in [-0.39, 0.29) is 11.3 Å². The number of benzene rings is 1. The zero-order valence-electron chi connectivity index (χ0n) is 16.3. The minimum Gasteiger partial charge on any atom is -0.493 e. The van der Waals surface area contributed by atoms with Crippen molar-refractivity contribution in [2.75, 3.05) is 26.6 Å². The van der Waals surface area contributed by atoms with Gasteiger partial charge in [0.25, 0.3) is 0 Å². The van der Waals surface area contributed by atoms with Crippen LogP contribution in [-0.4, -0.2) is 33.2 Å². The van der Waals surface area contributed by atoms with Crippen molar-refractivity contribution in [3.63, 3.8) is 0 Å². The van der Waals surface area contributed by atoms with Crippen LogP contribution in [0.2, 0.25) is 0 Å². The normalized spacial score (nSPS) is 18.0. The number of nitrogens with one attached hydrogen (secondary N) is 1. The van der Waals surface area contributed by atoms with E-state index in [4.69, 9.17) is 18.6 Å². The maximum atomic E-state index is 12.3. The lowest BCUT2D eigenvalue weighted by atomic mass is 10.1. The molecule has 28 heavy (non-hydrogen) atoms. The van der Waals surface area contributed by atoms with E-state index in [2.05, 4.69) is 12.2 Å². The first-order valence-corrected chi connectivity index (χ1v) is 8.90. The summed E-state index contributed by atoms with van der Waals surface area (Å²) in [5.41, 5.74) is 0.413. The number of carbonyl (C=O) groups excluding carboxylic acids is 2. The third-order valence-electron chi connectivity index (χ3n) is 4.71. The molecule has 0 unspecified atom stereocenters. The molecule has 1 saturated carbocycles. The van der Waals surface area contributed by atoms with E-state index in [1.807, 2.05) is 12.1 Å². The van der Waals surface area contributed by atoms with Gasteiger partial charge in [0.2, 0.25) is 5.91 Å². The molecule has 1 aromatic carbocycles. The molecule has 1 heterocycles. The summed E-state index contributed by atoms with van der Waals surface area (Å²) in [6.45, 7) is 2.18. The Morgan fingerprint density at radius 2 is 1.82 bits per heavy atom. The minimum absolute atomic E-state index is 0.157. The van der Waals surface area contributed by atoms with Gasteiger partial charge < -0.3 is 23.9 Å². The summed E-state index contributed by atoms with van der Waals surface area (Å²) in [7, 11) is 4.19. The van der Waals surface area contributed by atoms with Crippen LogP contribution in [0.15, 0.2) is 34.8 Å². The average Bonchev–Trinajstić information content (AvgIpc) is 3.24. The molecule has 1 aromatic heterocycles. The molecule has 148 valence electrons. The van der Waals surface area contributed by atoms with Gasteiger partial charge in [-0.1, -0.05) is 6.92 Å². The fraction of sp³-hybridized carbons (Fsp3) is 0.333. The number of rotatable bonds is 7. The lowest BCUT2D eigenvalue weighted by Gasteiger charge is -2.13. The van der Waals surface area contributed by atoms with Crippen LogP contribution < -0.4 is 14.8 Å². The maximum absolute atomic E-state index is 12.3. The highest BCUT2D eigenvalue weighted by Gasteiger charge is 2.36. The summed E-state index contributed by atoms with van der Waals surface area (Å²) in [6, 6.07) is 6.74. The van der Waals surface area contributed by atoms with Crippen molar-refractivity contribution in [2.45, 2.75) is 19.3 Å². The largest absolute Gasteiger partial charge is 0.493 e. The summed E-state index contributed by atoms with van der Waals surface area (Å²) in [5.74, 6) is 2.38. The molecule has 7 nitrogen and oxygen atoms in total. The standard InChI is InChI=1S/C21H23NO6/c1-12-9-14(12)17-7-5-13(28-17)6-8-20(23)22-16-11-19(26-3)18(25-2)10-15(16)21(24)27-4/h5-8,10-12,14H,9H2,1-4H3,(H,22,23)/b8-6+/t12-,14-/m1/s1. The number of ether oxygens (including phenoxy) is 3. The first-order valence-electron chi connectivity index (χ1n) is 8.90. The Morgan fingerprint density at radius 3 is 2.43 bits per heavy atom. The van der Waals surface area contributed by atoms with Crippen molar-refractivity contribution >= 4 is 23.6 Å². The van der Waals surface area contributed by atoms with Gasteiger partial charge >= 0.3 is 5.97 Å². The van der Waals surface area contributed by atoms with E-state index in [0.717, 1.165) is 12.2 Å². The summed E-state index contributed by atoms with van der Waals surface area (Å²) in [5, 5.41) is 2.67. The van der Waals surface area contributed by atoms with E-state index >= 15 is 0 Å². The Labute approximate surface area is 163 Å². The molecule has 0 aliphatic heterocycles. The van der Waals surface area contributed by atoms with Crippen molar-refractivity contribution < 1.29 is 28.2 Å². The molecule has 0 spiro atoms. The first kappa shape index (κ1) is 19.5. The Balaban J connectivity index is 1.76. The van der Waals surface area contributed by atoms with Gasteiger partial charge in [-0.05, 0) is 30.5 Å². The Hall–Kier alpha value is -3.22. The zero-order valence-corrected chi connectivity index (χ0v) is 16.3. The van der Waals surface area contributed by atoms with Gasteiger partial charge in [-0.15, -0.1) is 0 Å². The number of esters is 1. The molecular formula is C21H23NO6. The number of hydrogen-bond acceptors (Lipinski definition) is 6. The lowest BCUT2D eigenvalue weighted by molar-refractivity contribution is -0.111. The fourth-order valence-electron chi connectivity index (χ4n) is 2.97. The van der Waals surface area contributed by atoms with Crippen molar-refractivity contribution in [3.8, 4) is 11.5 Å². The maximum Gasteiger partial charge on any atom is 0.340 e. The Morgan fingerprint density at radius 1 is 1.14 bits per heavy atom. The quantitative estimate of drug-likeness (QED) is 0.575. The highest BCUT2D eigenvalue weighted by Crippen LogP contribution is 2.47. The van der Waals surface area contributed by atoms with Crippen LogP contribution in [0.5, 0.6) is 11.5 Å². The highest BCUT2D eigenvalue weighted by atomic mass is 16.5. The van der Waals surface area contributed by atoms with Crippen LogP contribution in [0.4, 0.5) is 5.69 Å². The van der Waals surface area contributed by atoms with Gasteiger partial charge in [0.05, 0.1) is 32.6 Å². The van der Waals surface area contributed by atoms with Crippen LogP contribution in [0.3, 0.4) is 0 Å². The van der Waals surface area contributed by atoms with Gasteiger partial charge in [-0.25, -0.2) is 4.79 Å². The van der Waals surface area contributed by atoms with E-state index in [0.29, 0.717) is 29.1 Å². The smallest absolute Gasteiger partial charge is 0.340 e. The van der Waals surface area contributed by atoms with Gasteiger partial charge in [0.1, 0.15) is 11.5 Å². The van der Waals surface area contributed by atoms with Gasteiger partial charge in [0, 0.05) is 24.1 Å². The molecule has 2 aromatic rings. The minimum atomic E-state index is -0.602. The molecule has 0 saturated heterocycles. The van der Waals surface area contributed by atoms with E-state index in [9.17, 15) is 9.59 Å². The number of furan rings is 1. The number of hydrogen-bond donors (Lipinski definition) is 1. The SMILES string of the molecule is COC(=O)c1cc(OC)c(OC)cc1NC(=O)/C=C/c1ccc([C@@H]2C[C@H]2C)o1. The highest BCUT2D eigenvalue weighted by molar-refractivity contribution is 6.06. The second kappa shape index (κ2) is 8.21. The molecule has 1 N–H and O–H groups in total. The molecule has 1 aliphatic carbocycles. The van der Waals surface area contributed by atoms with Crippen molar-refractivity contribution in [1.82, 2.24) is 0 Å². The van der Waals surface area contributed by atoms with Crippen molar-refractivity contribution in [1.29, 1.82) is 0 Å². The monoisotopic (exact) mass is 385 g/mol. The third-order valence-corrected chi connectivity index (χ3v) is 4.71. The average molecular weight is 385 g/mol. The summed E-state index contributed by atoms with van der Waals surface area (Å²) < 4.78 is 21.0. The number of methoxy groups -OCH3 is 3. The molecule has 7 heteroatoms. The van der Waals surface area contributed by atoms with Gasteiger partial charge in [-0.2, -0.15) is 0 Å². The second-order valence-corrected chi connectivity index (χ2v) is 6.63. The van der Waals surface area contributed by atoms with Crippen molar-refractivity contribution in [2.24, 2.45) is 5.92 Å². The zero-order chi connectivity index (χ0) is 20.3. The molecule has 2 atom stereocenters. The predicted molar refractivity (Wildman–Crippen MR) is 104 cm³/mol. The molecule has 1 amide bonds. The van der Waals surface area contributed by atoms with Gasteiger partial charge in [0.15, 0.2) is 11.5 Å². The van der Waals surface area contributed by atoms with Crippen LogP contribution >= 0.6 is 0 Å². The summed E-state index contributed by atoms with van der Waals surface area (Å²) >= 11 is 0. The molecule has 0 radical (unpaired) electrons.